The summed E-state index contributed by atoms with van der Waals surface area (Å²) >= 11 is 0. The zero-order valence-corrected chi connectivity index (χ0v) is 15.2. The van der Waals surface area contributed by atoms with Crippen LogP contribution in [0.2, 0.25) is 0 Å². The minimum atomic E-state index is -0.612. The van der Waals surface area contributed by atoms with Gasteiger partial charge in [0.1, 0.15) is 11.4 Å². The first-order chi connectivity index (χ1) is 12.5. The Balaban J connectivity index is 2.11. The van der Waals surface area contributed by atoms with Crippen molar-refractivity contribution in [1.82, 2.24) is 5.32 Å². The number of esters is 1. The molecule has 2 rings (SSSR count). The summed E-state index contributed by atoms with van der Waals surface area (Å²) < 4.78 is 10.4. The minimum absolute atomic E-state index is 0.0730. The number of hydrogen-bond donors (Lipinski definition) is 1. The molecule has 0 aromatic heterocycles. The normalized spacial score (nSPS) is 11.2. The molecular weight excluding hydrogens is 330 g/mol. The second kappa shape index (κ2) is 9.42. The fraction of sp³-hybridized carbons (Fsp3) is 0.238. The van der Waals surface area contributed by atoms with Crippen LogP contribution in [0.5, 0.6) is 5.75 Å². The van der Waals surface area contributed by atoms with Gasteiger partial charge >= 0.3 is 5.97 Å². The lowest BCUT2D eigenvalue weighted by atomic mass is 10.1. The maximum atomic E-state index is 12.4. The number of methoxy groups -OCH3 is 1. The van der Waals surface area contributed by atoms with Crippen molar-refractivity contribution in [3.63, 3.8) is 0 Å². The summed E-state index contributed by atoms with van der Waals surface area (Å²) in [7, 11) is 1.27. The molecule has 2 aromatic rings. The first-order valence-electron chi connectivity index (χ1n) is 8.39. The molecule has 26 heavy (non-hydrogen) atoms. The van der Waals surface area contributed by atoms with Crippen molar-refractivity contribution in [2.75, 3.05) is 13.7 Å². The van der Waals surface area contributed by atoms with E-state index in [0.29, 0.717) is 23.8 Å². The molecule has 0 spiro atoms. The summed E-state index contributed by atoms with van der Waals surface area (Å²) in [5.41, 5.74) is 1.28. The lowest BCUT2D eigenvalue weighted by Crippen LogP contribution is -2.28. The maximum Gasteiger partial charge on any atom is 0.354 e. The van der Waals surface area contributed by atoms with Gasteiger partial charge in [-0.25, -0.2) is 4.79 Å². The molecule has 0 bridgehead atoms. The van der Waals surface area contributed by atoms with Crippen molar-refractivity contribution in [3.8, 4) is 5.75 Å². The lowest BCUT2D eigenvalue weighted by Gasteiger charge is -2.10. The van der Waals surface area contributed by atoms with Crippen molar-refractivity contribution >= 4 is 18.0 Å². The molecule has 0 saturated heterocycles. The Morgan fingerprint density at radius 1 is 1.04 bits per heavy atom. The maximum absolute atomic E-state index is 12.4. The largest absolute Gasteiger partial charge is 0.493 e. The zero-order chi connectivity index (χ0) is 18.9. The highest BCUT2D eigenvalue weighted by molar-refractivity contribution is 6.03. The summed E-state index contributed by atoms with van der Waals surface area (Å²) in [6.07, 6.45) is 1.57. The second-order valence-electron chi connectivity index (χ2n) is 6.14. The fourth-order valence-corrected chi connectivity index (χ4v) is 2.13. The number of hydrogen-bond acceptors (Lipinski definition) is 4. The summed E-state index contributed by atoms with van der Waals surface area (Å²) in [6, 6.07) is 16.0. The SMILES string of the molecule is COC(=O)/C(=C\c1ccccc1)NC(=O)c1ccc(OCC(C)C)cc1. The van der Waals surface area contributed by atoms with Gasteiger partial charge in [0.05, 0.1) is 13.7 Å². The van der Waals surface area contributed by atoms with Crippen LogP contribution >= 0.6 is 0 Å². The highest BCUT2D eigenvalue weighted by Crippen LogP contribution is 2.14. The van der Waals surface area contributed by atoms with Crippen molar-refractivity contribution in [3.05, 3.63) is 71.4 Å². The molecule has 0 aliphatic heterocycles. The third-order valence-corrected chi connectivity index (χ3v) is 3.46. The zero-order valence-electron chi connectivity index (χ0n) is 15.2. The molecule has 136 valence electrons. The van der Waals surface area contributed by atoms with Gasteiger partial charge in [0.2, 0.25) is 0 Å². The number of ether oxygens (including phenoxy) is 2. The number of nitrogens with one attached hydrogen (secondary N) is 1. The summed E-state index contributed by atoms with van der Waals surface area (Å²) in [5.74, 6) is 0.110. The topological polar surface area (TPSA) is 64.6 Å². The molecule has 5 heteroatoms. The van der Waals surface area contributed by atoms with Crippen LogP contribution < -0.4 is 10.1 Å². The average molecular weight is 353 g/mol. The Labute approximate surface area is 153 Å². The van der Waals surface area contributed by atoms with E-state index in [1.54, 1.807) is 30.3 Å². The van der Waals surface area contributed by atoms with Crippen LogP contribution in [0.3, 0.4) is 0 Å². The van der Waals surface area contributed by atoms with Crippen molar-refractivity contribution in [1.29, 1.82) is 0 Å². The van der Waals surface area contributed by atoms with Gasteiger partial charge in [0, 0.05) is 5.56 Å². The highest BCUT2D eigenvalue weighted by Gasteiger charge is 2.15. The molecule has 0 aliphatic rings. The van der Waals surface area contributed by atoms with Crippen molar-refractivity contribution in [2.24, 2.45) is 5.92 Å². The van der Waals surface area contributed by atoms with E-state index in [1.165, 1.54) is 7.11 Å². The van der Waals surface area contributed by atoms with Gasteiger partial charge in [-0.3, -0.25) is 4.79 Å². The van der Waals surface area contributed by atoms with Crippen molar-refractivity contribution < 1.29 is 19.1 Å². The standard InChI is InChI=1S/C21H23NO4/c1-15(2)14-26-18-11-9-17(10-12-18)20(23)22-19(21(24)25-3)13-16-7-5-4-6-8-16/h4-13,15H,14H2,1-3H3,(H,22,23)/b19-13+. The molecule has 0 unspecified atom stereocenters. The van der Waals surface area contributed by atoms with E-state index < -0.39 is 11.9 Å². The Hall–Kier alpha value is -3.08. The van der Waals surface area contributed by atoms with E-state index in [9.17, 15) is 9.59 Å². The van der Waals surface area contributed by atoms with Gasteiger partial charge in [-0.1, -0.05) is 44.2 Å². The average Bonchev–Trinajstić information content (AvgIpc) is 2.66. The van der Waals surface area contributed by atoms with E-state index in [-0.39, 0.29) is 5.70 Å². The summed E-state index contributed by atoms with van der Waals surface area (Å²) in [5, 5.41) is 2.61. The predicted octanol–water partition coefficient (Wildman–Crippen LogP) is 3.67. The van der Waals surface area contributed by atoms with Crippen LogP contribution in [0.15, 0.2) is 60.3 Å². The molecule has 2 aromatic carbocycles. The molecule has 0 aliphatic carbocycles. The Bertz CT molecular complexity index is 764. The first-order valence-corrected chi connectivity index (χ1v) is 8.39. The molecule has 1 amide bonds. The summed E-state index contributed by atoms with van der Waals surface area (Å²) in [4.78, 5) is 24.4. The Morgan fingerprint density at radius 3 is 2.27 bits per heavy atom. The van der Waals surface area contributed by atoms with Gasteiger partial charge in [-0.15, -0.1) is 0 Å². The van der Waals surface area contributed by atoms with E-state index >= 15 is 0 Å². The van der Waals surface area contributed by atoms with Crippen LogP contribution in [0, 0.1) is 5.92 Å². The molecule has 0 heterocycles. The van der Waals surface area contributed by atoms with E-state index in [4.69, 9.17) is 9.47 Å². The van der Waals surface area contributed by atoms with Crippen LogP contribution in [-0.2, 0) is 9.53 Å². The van der Waals surface area contributed by atoms with E-state index in [1.807, 2.05) is 30.3 Å². The van der Waals surface area contributed by atoms with Gasteiger partial charge in [-0.2, -0.15) is 0 Å². The highest BCUT2D eigenvalue weighted by atomic mass is 16.5. The van der Waals surface area contributed by atoms with E-state index in [0.717, 1.165) is 5.56 Å². The van der Waals surface area contributed by atoms with Gasteiger partial charge in [0.25, 0.3) is 5.91 Å². The third-order valence-electron chi connectivity index (χ3n) is 3.46. The number of carbonyl (C=O) groups is 2. The molecule has 0 fully saturated rings. The minimum Gasteiger partial charge on any atom is -0.493 e. The second-order valence-corrected chi connectivity index (χ2v) is 6.14. The van der Waals surface area contributed by atoms with Crippen LogP contribution in [0.4, 0.5) is 0 Å². The Kier molecular flexibility index (Phi) is 6.97. The fourth-order valence-electron chi connectivity index (χ4n) is 2.13. The third kappa shape index (κ3) is 5.77. The molecule has 0 atom stereocenters. The number of benzene rings is 2. The monoisotopic (exact) mass is 353 g/mol. The van der Waals surface area contributed by atoms with Gasteiger partial charge in [0.15, 0.2) is 0 Å². The quantitative estimate of drug-likeness (QED) is 0.609. The molecule has 0 saturated carbocycles. The van der Waals surface area contributed by atoms with Crippen molar-refractivity contribution in [2.45, 2.75) is 13.8 Å². The molecule has 5 nitrogen and oxygen atoms in total. The number of amides is 1. The lowest BCUT2D eigenvalue weighted by molar-refractivity contribution is -0.136. The predicted molar refractivity (Wildman–Crippen MR) is 101 cm³/mol. The first kappa shape index (κ1) is 19.2. The van der Waals surface area contributed by atoms with Gasteiger partial charge in [-0.05, 0) is 41.8 Å². The van der Waals surface area contributed by atoms with Crippen LogP contribution in [0.25, 0.3) is 6.08 Å². The molecule has 0 radical (unpaired) electrons. The van der Waals surface area contributed by atoms with Crippen LogP contribution in [-0.4, -0.2) is 25.6 Å². The Morgan fingerprint density at radius 2 is 1.69 bits per heavy atom. The van der Waals surface area contributed by atoms with E-state index in [2.05, 4.69) is 19.2 Å². The van der Waals surface area contributed by atoms with Gasteiger partial charge < -0.3 is 14.8 Å². The number of carbonyl (C=O) groups excluding carboxylic acids is 2. The molecular formula is C21H23NO4. The smallest absolute Gasteiger partial charge is 0.354 e. The molecule has 1 N–H and O–H groups in total. The number of rotatable bonds is 7. The van der Waals surface area contributed by atoms with Crippen LogP contribution in [0.1, 0.15) is 29.8 Å². The summed E-state index contributed by atoms with van der Waals surface area (Å²) in [6.45, 7) is 4.74.